The molecule has 0 atom stereocenters. The number of hydrogen-bond acceptors (Lipinski definition) is 1. The molecule has 0 aliphatic heterocycles. The van der Waals surface area contributed by atoms with Crippen LogP contribution >= 0.6 is 0 Å². The third-order valence-electron chi connectivity index (χ3n) is 4.63. The first kappa shape index (κ1) is 22.4. The minimum atomic E-state index is 0.243. The molecule has 0 aromatic carbocycles. The molecule has 135 valence electrons. The average Bonchev–Trinajstić information content (AvgIpc) is 2.54. The Bertz CT molecular complexity index is 280. The van der Waals surface area contributed by atoms with Crippen LogP contribution in [0.2, 0.25) is 0 Å². The van der Waals surface area contributed by atoms with Gasteiger partial charge in [-0.3, -0.25) is 4.79 Å². The van der Waals surface area contributed by atoms with E-state index in [2.05, 4.69) is 13.5 Å². The number of carbonyl (C=O) groups excluding carboxylic acids is 1. The number of hydrogen-bond donors (Lipinski definition) is 0. The molecule has 0 unspecified atom stereocenters. The summed E-state index contributed by atoms with van der Waals surface area (Å²) in [6.07, 6.45) is 22.1. The van der Waals surface area contributed by atoms with E-state index in [-0.39, 0.29) is 5.78 Å². The second-order valence-corrected chi connectivity index (χ2v) is 7.11. The number of allylic oxidation sites excluding steroid dienone is 1. The van der Waals surface area contributed by atoms with Crippen molar-refractivity contribution < 1.29 is 4.79 Å². The first-order valence-corrected chi connectivity index (χ1v) is 10.2. The minimum Gasteiger partial charge on any atom is -0.295 e. The second kappa shape index (κ2) is 17.8. The van der Waals surface area contributed by atoms with Gasteiger partial charge in [-0.15, -0.1) is 0 Å². The van der Waals surface area contributed by atoms with Crippen molar-refractivity contribution >= 4 is 5.78 Å². The summed E-state index contributed by atoms with van der Waals surface area (Å²) in [5.41, 5.74) is 0.711. The summed E-state index contributed by atoms with van der Waals surface area (Å²) in [6.45, 7) is 9.39. The van der Waals surface area contributed by atoms with E-state index in [0.29, 0.717) is 12.0 Å². The van der Waals surface area contributed by atoms with Crippen LogP contribution in [-0.2, 0) is 4.79 Å². The number of carbonyl (C=O) groups is 1. The summed E-state index contributed by atoms with van der Waals surface area (Å²) in [6, 6.07) is 0. The van der Waals surface area contributed by atoms with Gasteiger partial charge in [-0.1, -0.05) is 110 Å². The molecule has 0 amide bonds. The van der Waals surface area contributed by atoms with Crippen LogP contribution in [-0.4, -0.2) is 5.78 Å². The van der Waals surface area contributed by atoms with E-state index >= 15 is 0 Å². The SMILES string of the molecule is [CH2]CCCCCCCCCCCCCCCCCC(=O)C(=C)C. The predicted octanol–water partition coefficient (Wildman–Crippen LogP) is 7.60. The lowest BCUT2D eigenvalue weighted by atomic mass is 10.0. The zero-order valence-corrected chi connectivity index (χ0v) is 15.8. The Kier molecular flexibility index (Phi) is 17.3. The Balaban J connectivity index is 3.05. The van der Waals surface area contributed by atoms with E-state index in [1.165, 1.54) is 89.9 Å². The van der Waals surface area contributed by atoms with E-state index < -0.39 is 0 Å². The van der Waals surface area contributed by atoms with Gasteiger partial charge >= 0.3 is 0 Å². The second-order valence-electron chi connectivity index (χ2n) is 7.11. The Morgan fingerprint density at radius 1 is 0.609 bits per heavy atom. The molecule has 1 radical (unpaired) electrons. The fourth-order valence-corrected chi connectivity index (χ4v) is 2.97. The van der Waals surface area contributed by atoms with Crippen molar-refractivity contribution in [1.29, 1.82) is 0 Å². The number of unbranched alkanes of at least 4 members (excludes halogenated alkanes) is 15. The standard InChI is InChI=1S/C22H41O/c1-4-5-6-7-8-9-10-11-12-13-14-15-16-17-18-19-20-22(23)21(2)3/h1-2,4-20H2,3H3. The lowest BCUT2D eigenvalue weighted by Crippen LogP contribution is -1.97. The summed E-state index contributed by atoms with van der Waals surface area (Å²) in [7, 11) is 0. The van der Waals surface area contributed by atoms with Gasteiger partial charge in [-0.25, -0.2) is 0 Å². The van der Waals surface area contributed by atoms with Gasteiger partial charge in [-0.05, 0) is 18.9 Å². The van der Waals surface area contributed by atoms with E-state index in [4.69, 9.17) is 0 Å². The monoisotopic (exact) mass is 321 g/mol. The van der Waals surface area contributed by atoms with Crippen LogP contribution in [0.1, 0.15) is 116 Å². The summed E-state index contributed by atoms with van der Waals surface area (Å²) in [4.78, 5) is 11.4. The van der Waals surface area contributed by atoms with Crippen molar-refractivity contribution in [2.45, 2.75) is 116 Å². The Hall–Kier alpha value is -0.590. The fraction of sp³-hybridized carbons (Fsp3) is 0.818. The number of rotatable bonds is 18. The van der Waals surface area contributed by atoms with Crippen molar-refractivity contribution in [3.63, 3.8) is 0 Å². The molecule has 23 heavy (non-hydrogen) atoms. The zero-order chi connectivity index (χ0) is 17.2. The van der Waals surface area contributed by atoms with Crippen LogP contribution in [0, 0.1) is 6.92 Å². The van der Waals surface area contributed by atoms with Crippen molar-refractivity contribution in [3.05, 3.63) is 19.1 Å². The highest BCUT2D eigenvalue weighted by molar-refractivity contribution is 5.93. The van der Waals surface area contributed by atoms with Crippen molar-refractivity contribution in [1.82, 2.24) is 0 Å². The van der Waals surface area contributed by atoms with E-state index in [9.17, 15) is 4.79 Å². The summed E-state index contributed by atoms with van der Waals surface area (Å²) in [5.74, 6) is 0.243. The highest BCUT2D eigenvalue weighted by atomic mass is 16.1. The van der Waals surface area contributed by atoms with E-state index in [1.807, 2.05) is 6.92 Å². The molecule has 0 aromatic rings. The van der Waals surface area contributed by atoms with Crippen LogP contribution in [0.3, 0.4) is 0 Å². The zero-order valence-electron chi connectivity index (χ0n) is 15.8. The van der Waals surface area contributed by atoms with Gasteiger partial charge in [0.05, 0.1) is 0 Å². The Labute approximate surface area is 146 Å². The molecule has 0 N–H and O–H groups in total. The fourth-order valence-electron chi connectivity index (χ4n) is 2.97. The topological polar surface area (TPSA) is 17.1 Å². The van der Waals surface area contributed by atoms with Gasteiger partial charge in [0.15, 0.2) is 5.78 Å². The first-order chi connectivity index (χ1) is 11.2. The average molecular weight is 322 g/mol. The molecule has 0 rings (SSSR count). The summed E-state index contributed by atoms with van der Waals surface area (Å²) >= 11 is 0. The predicted molar refractivity (Wildman–Crippen MR) is 104 cm³/mol. The van der Waals surface area contributed by atoms with Crippen LogP contribution in [0.5, 0.6) is 0 Å². The third-order valence-corrected chi connectivity index (χ3v) is 4.63. The minimum absolute atomic E-state index is 0.243. The largest absolute Gasteiger partial charge is 0.295 e. The highest BCUT2D eigenvalue weighted by Crippen LogP contribution is 2.14. The summed E-state index contributed by atoms with van der Waals surface area (Å²) in [5, 5.41) is 0. The Morgan fingerprint density at radius 3 is 1.22 bits per heavy atom. The molecule has 0 aliphatic carbocycles. The van der Waals surface area contributed by atoms with Crippen molar-refractivity contribution in [3.8, 4) is 0 Å². The molecule has 0 saturated heterocycles. The molecule has 0 bridgehead atoms. The van der Waals surface area contributed by atoms with Gasteiger partial charge in [0.2, 0.25) is 0 Å². The number of Topliss-reactive ketones (excluding diaryl/α,β-unsaturated/α-hetero) is 1. The molecule has 0 fully saturated rings. The first-order valence-electron chi connectivity index (χ1n) is 10.2. The van der Waals surface area contributed by atoms with Crippen LogP contribution in [0.15, 0.2) is 12.2 Å². The van der Waals surface area contributed by atoms with Gasteiger partial charge in [0.1, 0.15) is 0 Å². The number of ketones is 1. The van der Waals surface area contributed by atoms with Crippen molar-refractivity contribution in [2.75, 3.05) is 0 Å². The maximum absolute atomic E-state index is 11.4. The van der Waals surface area contributed by atoms with Crippen LogP contribution in [0.4, 0.5) is 0 Å². The Morgan fingerprint density at radius 2 is 0.913 bits per heavy atom. The molecule has 0 saturated carbocycles. The third kappa shape index (κ3) is 17.6. The maximum Gasteiger partial charge on any atom is 0.157 e. The molecule has 0 aliphatic rings. The molecular weight excluding hydrogens is 280 g/mol. The highest BCUT2D eigenvalue weighted by Gasteiger charge is 2.01. The summed E-state index contributed by atoms with van der Waals surface area (Å²) < 4.78 is 0. The maximum atomic E-state index is 11.4. The lowest BCUT2D eigenvalue weighted by Gasteiger charge is -2.03. The van der Waals surface area contributed by atoms with Gasteiger partial charge < -0.3 is 0 Å². The lowest BCUT2D eigenvalue weighted by molar-refractivity contribution is -0.115. The smallest absolute Gasteiger partial charge is 0.157 e. The van der Waals surface area contributed by atoms with Gasteiger partial charge in [0.25, 0.3) is 0 Å². The normalized spacial score (nSPS) is 10.9. The molecule has 0 aromatic heterocycles. The molecule has 1 nitrogen and oxygen atoms in total. The molecule has 1 heteroatoms. The van der Waals surface area contributed by atoms with Crippen LogP contribution < -0.4 is 0 Å². The van der Waals surface area contributed by atoms with E-state index in [1.54, 1.807) is 0 Å². The quantitative estimate of drug-likeness (QED) is 0.188. The van der Waals surface area contributed by atoms with E-state index in [0.717, 1.165) is 12.8 Å². The van der Waals surface area contributed by atoms with Crippen molar-refractivity contribution in [2.24, 2.45) is 0 Å². The van der Waals surface area contributed by atoms with Gasteiger partial charge in [0, 0.05) is 6.42 Å². The van der Waals surface area contributed by atoms with Gasteiger partial charge in [-0.2, -0.15) is 0 Å². The molecular formula is C22H41O. The molecule has 0 spiro atoms. The van der Waals surface area contributed by atoms with Crippen LogP contribution in [0.25, 0.3) is 0 Å². The molecule has 0 heterocycles.